The number of rotatable bonds is 3. The monoisotopic (exact) mass is 241 g/mol. The predicted octanol–water partition coefficient (Wildman–Crippen LogP) is 1.35. The van der Waals surface area contributed by atoms with E-state index in [9.17, 15) is 8.42 Å². The van der Waals surface area contributed by atoms with Gasteiger partial charge in [0.25, 0.3) is 10.1 Å². The van der Waals surface area contributed by atoms with Gasteiger partial charge in [-0.15, -0.1) is 0 Å². The Kier molecular flexibility index (Phi) is 3.28. The van der Waals surface area contributed by atoms with E-state index in [2.05, 4.69) is 5.32 Å². The van der Waals surface area contributed by atoms with Crippen LogP contribution in [0.3, 0.4) is 0 Å². The van der Waals surface area contributed by atoms with Gasteiger partial charge >= 0.3 is 0 Å². The van der Waals surface area contributed by atoms with Crippen molar-refractivity contribution in [3.8, 4) is 0 Å². The highest BCUT2D eigenvalue weighted by Crippen LogP contribution is 2.21. The fraction of sp³-hybridized carbons (Fsp3) is 0.455. The van der Waals surface area contributed by atoms with E-state index >= 15 is 0 Å². The lowest BCUT2D eigenvalue weighted by molar-refractivity contribution is 0.154. The molecule has 0 radical (unpaired) electrons. The summed E-state index contributed by atoms with van der Waals surface area (Å²) in [5.41, 5.74) is 0. The maximum atomic E-state index is 11.9. The standard InChI is InChI=1S/C11H15NO3S/c1-9-7-8-12-11(9)15-16(13,14)10-5-3-2-4-6-10/h2-6,9,11-12H,7-8H2,1H3/t9-,11?/m1/s1. The highest BCUT2D eigenvalue weighted by molar-refractivity contribution is 7.86. The number of benzene rings is 1. The molecule has 0 bridgehead atoms. The molecule has 0 aliphatic carbocycles. The Morgan fingerprint density at radius 3 is 2.56 bits per heavy atom. The molecule has 0 spiro atoms. The maximum Gasteiger partial charge on any atom is 0.298 e. The predicted molar refractivity (Wildman–Crippen MR) is 60.3 cm³/mol. The van der Waals surface area contributed by atoms with Gasteiger partial charge in [0.1, 0.15) is 6.23 Å². The van der Waals surface area contributed by atoms with Gasteiger partial charge in [-0.3, -0.25) is 5.32 Å². The Balaban J connectivity index is 2.15. The van der Waals surface area contributed by atoms with Crippen LogP contribution in [0.5, 0.6) is 0 Å². The maximum absolute atomic E-state index is 11.9. The first-order valence-electron chi connectivity index (χ1n) is 5.31. The Morgan fingerprint density at radius 1 is 1.31 bits per heavy atom. The van der Waals surface area contributed by atoms with E-state index in [0.29, 0.717) is 0 Å². The molecule has 4 nitrogen and oxygen atoms in total. The van der Waals surface area contributed by atoms with Crippen molar-refractivity contribution in [3.63, 3.8) is 0 Å². The zero-order valence-electron chi connectivity index (χ0n) is 9.09. The van der Waals surface area contributed by atoms with Gasteiger partial charge in [0.15, 0.2) is 0 Å². The molecular weight excluding hydrogens is 226 g/mol. The minimum Gasteiger partial charge on any atom is -0.291 e. The van der Waals surface area contributed by atoms with Crippen molar-refractivity contribution in [1.82, 2.24) is 5.32 Å². The molecule has 88 valence electrons. The van der Waals surface area contributed by atoms with Gasteiger partial charge in [0.2, 0.25) is 0 Å². The molecule has 0 saturated carbocycles. The molecule has 1 aromatic rings. The molecule has 1 heterocycles. The lowest BCUT2D eigenvalue weighted by Gasteiger charge is -2.16. The van der Waals surface area contributed by atoms with E-state index in [0.717, 1.165) is 13.0 Å². The van der Waals surface area contributed by atoms with Gasteiger partial charge in [-0.2, -0.15) is 8.42 Å². The van der Waals surface area contributed by atoms with Crippen LogP contribution >= 0.6 is 0 Å². The zero-order valence-corrected chi connectivity index (χ0v) is 9.91. The minimum atomic E-state index is -3.64. The normalized spacial score (nSPS) is 25.8. The topological polar surface area (TPSA) is 55.4 Å². The van der Waals surface area contributed by atoms with Gasteiger partial charge in [-0.1, -0.05) is 25.1 Å². The molecule has 1 aliphatic heterocycles. The van der Waals surface area contributed by atoms with Crippen LogP contribution in [0.2, 0.25) is 0 Å². The van der Waals surface area contributed by atoms with Crippen LogP contribution in [-0.4, -0.2) is 21.2 Å². The van der Waals surface area contributed by atoms with Gasteiger partial charge < -0.3 is 0 Å². The van der Waals surface area contributed by atoms with Crippen LogP contribution < -0.4 is 5.32 Å². The van der Waals surface area contributed by atoms with Crippen molar-refractivity contribution in [2.24, 2.45) is 5.92 Å². The van der Waals surface area contributed by atoms with Crippen LogP contribution in [0.25, 0.3) is 0 Å². The van der Waals surface area contributed by atoms with Crippen molar-refractivity contribution in [3.05, 3.63) is 30.3 Å². The third-order valence-electron chi connectivity index (χ3n) is 2.72. The fourth-order valence-corrected chi connectivity index (χ4v) is 2.85. The lowest BCUT2D eigenvalue weighted by atomic mass is 10.1. The Bertz CT molecular complexity index is 444. The summed E-state index contributed by atoms with van der Waals surface area (Å²) in [6.45, 7) is 2.78. The van der Waals surface area contributed by atoms with Crippen LogP contribution in [0.15, 0.2) is 35.2 Å². The fourth-order valence-electron chi connectivity index (χ4n) is 1.71. The largest absolute Gasteiger partial charge is 0.298 e. The van der Waals surface area contributed by atoms with Crippen molar-refractivity contribution < 1.29 is 12.6 Å². The second-order valence-corrected chi connectivity index (χ2v) is 5.58. The van der Waals surface area contributed by atoms with Crippen LogP contribution in [0.4, 0.5) is 0 Å². The second-order valence-electron chi connectivity index (χ2n) is 4.00. The highest BCUT2D eigenvalue weighted by Gasteiger charge is 2.29. The molecule has 1 saturated heterocycles. The molecule has 1 unspecified atom stereocenters. The first-order chi connectivity index (χ1) is 7.59. The average Bonchev–Trinajstić information content (AvgIpc) is 2.65. The second kappa shape index (κ2) is 4.53. The smallest absolute Gasteiger partial charge is 0.291 e. The summed E-state index contributed by atoms with van der Waals surface area (Å²) in [7, 11) is -3.64. The molecule has 1 aromatic carbocycles. The SMILES string of the molecule is C[C@@H]1CCNC1OS(=O)(=O)c1ccccc1. The summed E-state index contributed by atoms with van der Waals surface area (Å²) in [6.07, 6.45) is 0.542. The highest BCUT2D eigenvalue weighted by atomic mass is 32.2. The van der Waals surface area contributed by atoms with E-state index in [-0.39, 0.29) is 10.8 Å². The van der Waals surface area contributed by atoms with Gasteiger partial charge in [-0.25, -0.2) is 4.18 Å². The molecule has 0 aromatic heterocycles. The van der Waals surface area contributed by atoms with Crippen LogP contribution in [-0.2, 0) is 14.3 Å². The van der Waals surface area contributed by atoms with Crippen molar-refractivity contribution in [2.75, 3.05) is 6.54 Å². The molecule has 1 N–H and O–H groups in total. The Labute approximate surface area is 95.7 Å². The molecular formula is C11H15NO3S. The number of hydrogen-bond donors (Lipinski definition) is 1. The minimum absolute atomic E-state index is 0.205. The first-order valence-corrected chi connectivity index (χ1v) is 6.72. The molecule has 1 aliphatic rings. The van der Waals surface area contributed by atoms with Crippen molar-refractivity contribution >= 4 is 10.1 Å². The quantitative estimate of drug-likeness (QED) is 0.812. The van der Waals surface area contributed by atoms with Gasteiger partial charge in [0, 0.05) is 0 Å². The number of hydrogen-bond acceptors (Lipinski definition) is 4. The summed E-state index contributed by atoms with van der Waals surface area (Å²) >= 11 is 0. The van der Waals surface area contributed by atoms with E-state index in [1.54, 1.807) is 18.2 Å². The Morgan fingerprint density at radius 2 is 2.00 bits per heavy atom. The van der Waals surface area contributed by atoms with Gasteiger partial charge in [-0.05, 0) is 31.0 Å². The number of nitrogens with one attached hydrogen (secondary N) is 1. The van der Waals surface area contributed by atoms with E-state index in [1.807, 2.05) is 6.92 Å². The molecule has 5 heteroatoms. The summed E-state index contributed by atoms with van der Waals surface area (Å²) in [5, 5.41) is 3.03. The third-order valence-corrected chi connectivity index (χ3v) is 4.03. The summed E-state index contributed by atoms with van der Waals surface area (Å²) in [6, 6.07) is 8.21. The molecule has 1 fully saturated rings. The van der Waals surface area contributed by atoms with Crippen LogP contribution in [0.1, 0.15) is 13.3 Å². The third kappa shape index (κ3) is 2.42. The zero-order chi connectivity index (χ0) is 11.6. The summed E-state index contributed by atoms with van der Waals surface area (Å²) < 4.78 is 28.9. The molecule has 2 rings (SSSR count). The average molecular weight is 241 g/mol. The Hall–Kier alpha value is -0.910. The molecule has 0 amide bonds. The summed E-state index contributed by atoms with van der Waals surface area (Å²) in [4.78, 5) is 0.205. The van der Waals surface area contributed by atoms with Crippen molar-refractivity contribution in [2.45, 2.75) is 24.5 Å². The van der Waals surface area contributed by atoms with E-state index in [1.165, 1.54) is 12.1 Å². The summed E-state index contributed by atoms with van der Waals surface area (Å²) in [5.74, 6) is 0.221. The van der Waals surface area contributed by atoms with E-state index < -0.39 is 16.3 Å². The van der Waals surface area contributed by atoms with Crippen molar-refractivity contribution in [1.29, 1.82) is 0 Å². The molecule has 16 heavy (non-hydrogen) atoms. The van der Waals surface area contributed by atoms with Crippen LogP contribution in [0, 0.1) is 5.92 Å². The van der Waals surface area contributed by atoms with Gasteiger partial charge in [0.05, 0.1) is 4.90 Å². The lowest BCUT2D eigenvalue weighted by Crippen LogP contribution is -2.31. The first kappa shape index (κ1) is 11.6. The molecule has 2 atom stereocenters. The van der Waals surface area contributed by atoms with E-state index in [4.69, 9.17) is 4.18 Å².